The summed E-state index contributed by atoms with van der Waals surface area (Å²) in [5, 5.41) is 10.9. The molecule has 96 valence electrons. The topological polar surface area (TPSA) is 113 Å². The van der Waals surface area contributed by atoms with Crippen molar-refractivity contribution in [1.82, 2.24) is 10.2 Å². The normalized spacial score (nSPS) is 24.5. The third kappa shape index (κ3) is 4.03. The van der Waals surface area contributed by atoms with Crippen LogP contribution in [0.25, 0.3) is 0 Å². The van der Waals surface area contributed by atoms with Gasteiger partial charge in [-0.1, -0.05) is 6.92 Å². The van der Waals surface area contributed by atoms with Crippen molar-refractivity contribution in [3.8, 4) is 0 Å². The van der Waals surface area contributed by atoms with Gasteiger partial charge in [0.25, 0.3) is 0 Å². The Hall–Kier alpha value is -1.63. The van der Waals surface area contributed by atoms with Crippen LogP contribution in [0.1, 0.15) is 13.3 Å². The van der Waals surface area contributed by atoms with E-state index < -0.39 is 17.9 Å². The molecule has 0 aromatic heterocycles. The molecule has 0 aromatic carbocycles. The summed E-state index contributed by atoms with van der Waals surface area (Å²) in [4.78, 5) is 34.3. The first kappa shape index (κ1) is 13.4. The monoisotopic (exact) mass is 243 g/mol. The molecule has 1 aliphatic heterocycles. The molecule has 17 heavy (non-hydrogen) atoms. The number of aliphatic carboxylic acids is 1. The van der Waals surface area contributed by atoms with Crippen LogP contribution in [-0.2, 0) is 9.59 Å². The fourth-order valence-corrected chi connectivity index (χ4v) is 2.03. The number of hydrogen-bond donors (Lipinski definition) is 3. The second-order valence-electron chi connectivity index (χ2n) is 4.34. The Kier molecular flexibility index (Phi) is 4.45. The molecule has 0 aliphatic carbocycles. The number of imide groups is 1. The van der Waals surface area contributed by atoms with Gasteiger partial charge in [-0.2, -0.15) is 0 Å². The van der Waals surface area contributed by atoms with E-state index in [-0.39, 0.29) is 18.3 Å². The molecule has 2 atom stereocenters. The Morgan fingerprint density at radius 2 is 2.06 bits per heavy atom. The van der Waals surface area contributed by atoms with Crippen LogP contribution in [0.2, 0.25) is 0 Å². The number of urea groups is 1. The molecule has 1 saturated heterocycles. The number of nitrogens with one attached hydrogen (secondary N) is 1. The fourth-order valence-electron chi connectivity index (χ4n) is 2.03. The summed E-state index contributed by atoms with van der Waals surface area (Å²) in [5.41, 5.74) is 4.80. The number of carboxylic acid groups (broad SMARTS) is 1. The molecular formula is C10H17N3O4. The van der Waals surface area contributed by atoms with Crippen molar-refractivity contribution in [2.45, 2.75) is 13.3 Å². The van der Waals surface area contributed by atoms with Gasteiger partial charge in [0.05, 0.1) is 5.92 Å². The Morgan fingerprint density at radius 3 is 2.53 bits per heavy atom. The SMILES string of the molecule is CC1CN(CCC(=O)NC(N)=O)CC1C(=O)O. The highest BCUT2D eigenvalue weighted by Gasteiger charge is 2.34. The van der Waals surface area contributed by atoms with Gasteiger partial charge in [0, 0.05) is 26.1 Å². The van der Waals surface area contributed by atoms with E-state index in [1.165, 1.54) is 0 Å². The molecule has 1 heterocycles. The van der Waals surface area contributed by atoms with Crippen molar-refractivity contribution in [3.05, 3.63) is 0 Å². The summed E-state index contributed by atoms with van der Waals surface area (Å²) in [6.45, 7) is 3.41. The van der Waals surface area contributed by atoms with Crippen molar-refractivity contribution < 1.29 is 19.5 Å². The van der Waals surface area contributed by atoms with E-state index in [0.717, 1.165) is 0 Å². The maximum atomic E-state index is 11.2. The maximum absolute atomic E-state index is 11.2. The molecule has 7 heteroatoms. The Balaban J connectivity index is 2.33. The molecule has 1 aliphatic rings. The van der Waals surface area contributed by atoms with Gasteiger partial charge in [-0.3, -0.25) is 14.9 Å². The van der Waals surface area contributed by atoms with Gasteiger partial charge in [0.15, 0.2) is 0 Å². The van der Waals surface area contributed by atoms with Crippen molar-refractivity contribution in [1.29, 1.82) is 0 Å². The number of hydrogen-bond acceptors (Lipinski definition) is 4. The molecule has 2 unspecified atom stereocenters. The molecule has 7 nitrogen and oxygen atoms in total. The zero-order chi connectivity index (χ0) is 13.0. The third-order valence-electron chi connectivity index (χ3n) is 2.92. The molecule has 3 amide bonds. The first-order valence-corrected chi connectivity index (χ1v) is 5.44. The number of amides is 3. The number of nitrogens with zero attached hydrogens (tertiary/aromatic N) is 1. The summed E-state index contributed by atoms with van der Waals surface area (Å²) < 4.78 is 0. The predicted octanol–water partition coefficient (Wildman–Crippen LogP) is -0.776. The summed E-state index contributed by atoms with van der Waals surface area (Å²) in [6.07, 6.45) is 0.141. The van der Waals surface area contributed by atoms with E-state index in [4.69, 9.17) is 10.8 Å². The molecule has 1 rings (SSSR count). The number of carboxylic acids is 1. The number of primary amides is 1. The average molecular weight is 243 g/mol. The first-order valence-electron chi connectivity index (χ1n) is 5.44. The molecule has 0 saturated carbocycles. The van der Waals surface area contributed by atoms with Crippen LogP contribution in [0.4, 0.5) is 4.79 Å². The highest BCUT2D eigenvalue weighted by Crippen LogP contribution is 2.22. The number of carbonyl (C=O) groups excluding carboxylic acids is 2. The molecular weight excluding hydrogens is 226 g/mol. The fraction of sp³-hybridized carbons (Fsp3) is 0.700. The van der Waals surface area contributed by atoms with Gasteiger partial charge in [-0.05, 0) is 5.92 Å². The first-order chi connectivity index (χ1) is 7.90. The number of likely N-dealkylation sites (tertiary alicyclic amines) is 1. The molecule has 4 N–H and O–H groups in total. The maximum Gasteiger partial charge on any atom is 0.318 e. The lowest BCUT2D eigenvalue weighted by Gasteiger charge is -2.14. The van der Waals surface area contributed by atoms with Crippen molar-refractivity contribution in [2.24, 2.45) is 17.6 Å². The molecule has 0 aromatic rings. The molecule has 0 spiro atoms. The summed E-state index contributed by atoms with van der Waals surface area (Å²) in [7, 11) is 0. The summed E-state index contributed by atoms with van der Waals surface area (Å²) in [6, 6.07) is -0.867. The Morgan fingerprint density at radius 1 is 1.41 bits per heavy atom. The minimum atomic E-state index is -0.867. The predicted molar refractivity (Wildman–Crippen MR) is 59.1 cm³/mol. The number of nitrogens with two attached hydrogens (primary N) is 1. The van der Waals surface area contributed by atoms with E-state index >= 15 is 0 Å². The van der Waals surface area contributed by atoms with E-state index in [9.17, 15) is 14.4 Å². The average Bonchev–Trinajstić information content (AvgIpc) is 2.56. The van der Waals surface area contributed by atoms with Gasteiger partial charge in [-0.15, -0.1) is 0 Å². The zero-order valence-corrected chi connectivity index (χ0v) is 9.68. The lowest BCUT2D eigenvalue weighted by Crippen LogP contribution is -2.37. The smallest absolute Gasteiger partial charge is 0.318 e. The van der Waals surface area contributed by atoms with E-state index in [1.54, 1.807) is 0 Å². The van der Waals surface area contributed by atoms with Crippen molar-refractivity contribution >= 4 is 17.9 Å². The summed E-state index contributed by atoms with van der Waals surface area (Å²) in [5.74, 6) is -1.55. The minimum absolute atomic E-state index is 0.0756. The van der Waals surface area contributed by atoms with Gasteiger partial charge >= 0.3 is 12.0 Å². The Labute approximate surface area is 98.9 Å². The van der Waals surface area contributed by atoms with Gasteiger partial charge < -0.3 is 15.7 Å². The van der Waals surface area contributed by atoms with Gasteiger partial charge in [0.2, 0.25) is 5.91 Å². The van der Waals surface area contributed by atoms with Crippen molar-refractivity contribution in [2.75, 3.05) is 19.6 Å². The largest absolute Gasteiger partial charge is 0.481 e. The highest BCUT2D eigenvalue weighted by molar-refractivity contribution is 5.93. The van der Waals surface area contributed by atoms with E-state index in [2.05, 4.69) is 0 Å². The molecule has 1 fully saturated rings. The lowest BCUT2D eigenvalue weighted by molar-refractivity contribution is -0.142. The minimum Gasteiger partial charge on any atom is -0.481 e. The van der Waals surface area contributed by atoms with Crippen LogP contribution in [0, 0.1) is 11.8 Å². The second kappa shape index (κ2) is 5.62. The van der Waals surface area contributed by atoms with Gasteiger partial charge in [0.1, 0.15) is 0 Å². The second-order valence-corrected chi connectivity index (χ2v) is 4.34. The molecule has 0 bridgehead atoms. The van der Waals surface area contributed by atoms with Crippen LogP contribution in [0.3, 0.4) is 0 Å². The van der Waals surface area contributed by atoms with Crippen LogP contribution in [0.5, 0.6) is 0 Å². The van der Waals surface area contributed by atoms with E-state index in [0.29, 0.717) is 19.6 Å². The third-order valence-corrected chi connectivity index (χ3v) is 2.92. The standard InChI is InChI=1S/C10H17N3O4/c1-6-4-13(5-7(6)9(15)16)3-2-8(14)12-10(11)17/h6-7H,2-5H2,1H3,(H,15,16)(H3,11,12,14,17). The number of rotatable bonds is 4. The van der Waals surface area contributed by atoms with Crippen LogP contribution < -0.4 is 11.1 Å². The van der Waals surface area contributed by atoms with E-state index in [1.807, 2.05) is 17.1 Å². The highest BCUT2D eigenvalue weighted by atomic mass is 16.4. The van der Waals surface area contributed by atoms with Crippen LogP contribution in [-0.4, -0.2) is 47.5 Å². The lowest BCUT2D eigenvalue weighted by atomic mass is 9.99. The quantitative estimate of drug-likeness (QED) is 0.599. The number of carbonyl (C=O) groups is 3. The molecule has 0 radical (unpaired) electrons. The van der Waals surface area contributed by atoms with Crippen molar-refractivity contribution in [3.63, 3.8) is 0 Å². The van der Waals surface area contributed by atoms with Crippen LogP contribution >= 0.6 is 0 Å². The Bertz CT molecular complexity index is 332. The summed E-state index contributed by atoms with van der Waals surface area (Å²) >= 11 is 0. The van der Waals surface area contributed by atoms with Crippen LogP contribution in [0.15, 0.2) is 0 Å². The zero-order valence-electron chi connectivity index (χ0n) is 9.68. The van der Waals surface area contributed by atoms with Gasteiger partial charge in [-0.25, -0.2) is 4.79 Å².